The van der Waals surface area contributed by atoms with Crippen LogP contribution in [0.3, 0.4) is 0 Å². The van der Waals surface area contributed by atoms with E-state index in [1.54, 1.807) is 25.1 Å². The molecule has 19 heavy (non-hydrogen) atoms. The molecule has 0 unspecified atom stereocenters. The number of nitrogens with two attached hydrogens (primary N) is 1. The van der Waals surface area contributed by atoms with Crippen molar-refractivity contribution >= 4 is 5.69 Å². The second-order valence-electron chi connectivity index (χ2n) is 4.27. The number of halogens is 4. The largest absolute Gasteiger partial charge is 0.419 e. The van der Waals surface area contributed by atoms with E-state index in [2.05, 4.69) is 0 Å². The third-order valence-electron chi connectivity index (χ3n) is 2.85. The van der Waals surface area contributed by atoms with E-state index in [-0.39, 0.29) is 0 Å². The van der Waals surface area contributed by atoms with Crippen LogP contribution in [0.2, 0.25) is 0 Å². The van der Waals surface area contributed by atoms with Crippen molar-refractivity contribution in [3.63, 3.8) is 0 Å². The maximum absolute atomic E-state index is 13.5. The van der Waals surface area contributed by atoms with Crippen LogP contribution in [0.15, 0.2) is 36.4 Å². The normalized spacial score (nSPS) is 11.6. The molecule has 5 heteroatoms. The summed E-state index contributed by atoms with van der Waals surface area (Å²) in [6.45, 7) is 1.78. The summed E-state index contributed by atoms with van der Waals surface area (Å²) in [6, 6.07) is 7.89. The van der Waals surface area contributed by atoms with Gasteiger partial charge in [-0.2, -0.15) is 13.2 Å². The van der Waals surface area contributed by atoms with Crippen molar-refractivity contribution in [1.29, 1.82) is 0 Å². The van der Waals surface area contributed by atoms with Crippen LogP contribution in [0, 0.1) is 12.7 Å². The van der Waals surface area contributed by atoms with Gasteiger partial charge < -0.3 is 5.73 Å². The summed E-state index contributed by atoms with van der Waals surface area (Å²) in [5.74, 6) is -1.29. The summed E-state index contributed by atoms with van der Waals surface area (Å²) in [5, 5.41) is 0. The minimum Gasteiger partial charge on any atom is -0.399 e. The van der Waals surface area contributed by atoms with Gasteiger partial charge in [-0.1, -0.05) is 12.1 Å². The highest BCUT2D eigenvalue weighted by atomic mass is 19.4. The third-order valence-corrected chi connectivity index (χ3v) is 2.85. The van der Waals surface area contributed by atoms with Crippen molar-refractivity contribution in [3.8, 4) is 11.1 Å². The van der Waals surface area contributed by atoms with Crippen LogP contribution in [-0.2, 0) is 6.18 Å². The molecule has 2 rings (SSSR count). The van der Waals surface area contributed by atoms with Gasteiger partial charge in [0.2, 0.25) is 0 Å². The van der Waals surface area contributed by atoms with Gasteiger partial charge in [0, 0.05) is 5.69 Å². The van der Waals surface area contributed by atoms with Crippen molar-refractivity contribution in [2.24, 2.45) is 0 Å². The Morgan fingerprint density at radius 2 is 1.68 bits per heavy atom. The summed E-state index contributed by atoms with van der Waals surface area (Å²) in [7, 11) is 0. The molecule has 0 spiro atoms. The molecule has 0 saturated carbocycles. The van der Waals surface area contributed by atoms with E-state index in [4.69, 9.17) is 5.73 Å². The van der Waals surface area contributed by atoms with Crippen LogP contribution in [-0.4, -0.2) is 0 Å². The molecule has 0 heterocycles. The zero-order valence-electron chi connectivity index (χ0n) is 10.1. The number of nitrogen functional groups attached to an aromatic ring is 1. The molecule has 1 nitrogen and oxygen atoms in total. The smallest absolute Gasteiger partial charge is 0.399 e. The topological polar surface area (TPSA) is 26.0 Å². The number of hydrogen-bond donors (Lipinski definition) is 1. The molecule has 0 amide bonds. The zero-order valence-corrected chi connectivity index (χ0v) is 10.1. The molecule has 0 bridgehead atoms. The first kappa shape index (κ1) is 13.4. The second kappa shape index (κ2) is 4.57. The SMILES string of the molecule is Cc1ccc(N)cc1-c1ccc(C(F)(F)F)c(F)c1. The summed E-state index contributed by atoms with van der Waals surface area (Å²) in [6.07, 6.45) is -4.69. The van der Waals surface area contributed by atoms with Gasteiger partial charge in [0.05, 0.1) is 5.56 Å². The lowest BCUT2D eigenvalue weighted by molar-refractivity contribution is -0.139. The van der Waals surface area contributed by atoms with Crippen molar-refractivity contribution in [2.75, 3.05) is 5.73 Å². The molecule has 2 aromatic rings. The Morgan fingerprint density at radius 3 is 2.26 bits per heavy atom. The van der Waals surface area contributed by atoms with Crippen LogP contribution in [0.25, 0.3) is 11.1 Å². The molecular weight excluding hydrogens is 258 g/mol. The number of rotatable bonds is 1. The van der Waals surface area contributed by atoms with Crippen LogP contribution in [0.4, 0.5) is 23.2 Å². The number of anilines is 1. The van der Waals surface area contributed by atoms with E-state index >= 15 is 0 Å². The quantitative estimate of drug-likeness (QED) is 0.602. The fourth-order valence-electron chi connectivity index (χ4n) is 1.86. The monoisotopic (exact) mass is 269 g/mol. The van der Waals surface area contributed by atoms with Gasteiger partial charge in [0.15, 0.2) is 0 Å². The van der Waals surface area contributed by atoms with Gasteiger partial charge in [-0.3, -0.25) is 0 Å². The number of hydrogen-bond acceptors (Lipinski definition) is 1. The van der Waals surface area contributed by atoms with Crippen molar-refractivity contribution < 1.29 is 17.6 Å². The molecule has 0 fully saturated rings. The Kier molecular flexibility index (Phi) is 3.22. The molecule has 0 atom stereocenters. The number of alkyl halides is 3. The van der Waals surface area contributed by atoms with E-state index < -0.39 is 17.6 Å². The fraction of sp³-hybridized carbons (Fsp3) is 0.143. The summed E-state index contributed by atoms with van der Waals surface area (Å²) in [4.78, 5) is 0. The standard InChI is InChI=1S/C14H11F4N/c1-8-2-4-10(19)7-11(8)9-3-5-12(13(15)6-9)14(16,17)18/h2-7H,19H2,1H3. The molecule has 0 aromatic heterocycles. The average Bonchev–Trinajstić information content (AvgIpc) is 2.30. The predicted molar refractivity (Wildman–Crippen MR) is 66.0 cm³/mol. The molecule has 2 N–H and O–H groups in total. The Balaban J connectivity index is 2.54. The summed E-state index contributed by atoms with van der Waals surface area (Å²) in [5.41, 5.74) is 6.64. The molecule has 0 aliphatic rings. The van der Waals surface area contributed by atoms with Crippen molar-refractivity contribution in [2.45, 2.75) is 13.1 Å². The van der Waals surface area contributed by atoms with E-state index in [1.165, 1.54) is 6.07 Å². The van der Waals surface area contributed by atoms with Crippen LogP contribution in [0.5, 0.6) is 0 Å². The van der Waals surface area contributed by atoms with E-state index in [1.807, 2.05) is 0 Å². The lowest BCUT2D eigenvalue weighted by atomic mass is 9.98. The predicted octanol–water partition coefficient (Wildman–Crippen LogP) is 4.40. The lowest BCUT2D eigenvalue weighted by Gasteiger charge is -2.11. The van der Waals surface area contributed by atoms with E-state index in [0.29, 0.717) is 16.8 Å². The highest BCUT2D eigenvalue weighted by Gasteiger charge is 2.33. The number of benzene rings is 2. The first-order valence-electron chi connectivity index (χ1n) is 5.52. The van der Waals surface area contributed by atoms with Gasteiger partial charge in [-0.05, 0) is 47.9 Å². The Morgan fingerprint density at radius 1 is 1.00 bits per heavy atom. The van der Waals surface area contributed by atoms with E-state index in [0.717, 1.165) is 17.7 Å². The fourth-order valence-corrected chi connectivity index (χ4v) is 1.86. The average molecular weight is 269 g/mol. The third kappa shape index (κ3) is 2.70. The van der Waals surface area contributed by atoms with Gasteiger partial charge in [0.1, 0.15) is 5.82 Å². The maximum atomic E-state index is 13.5. The first-order chi connectivity index (χ1) is 8.79. The van der Waals surface area contributed by atoms with Gasteiger partial charge in [-0.15, -0.1) is 0 Å². The molecule has 0 saturated heterocycles. The Bertz CT molecular complexity index is 617. The molecule has 0 radical (unpaired) electrons. The highest BCUT2D eigenvalue weighted by Crippen LogP contribution is 2.34. The van der Waals surface area contributed by atoms with Crippen molar-refractivity contribution in [3.05, 3.63) is 53.3 Å². The Labute approximate surface area is 107 Å². The molecular formula is C14H11F4N. The summed E-state index contributed by atoms with van der Waals surface area (Å²) < 4.78 is 50.9. The molecule has 0 aliphatic heterocycles. The molecule has 2 aromatic carbocycles. The summed E-state index contributed by atoms with van der Waals surface area (Å²) >= 11 is 0. The second-order valence-corrected chi connectivity index (χ2v) is 4.27. The lowest BCUT2D eigenvalue weighted by Crippen LogP contribution is -2.07. The van der Waals surface area contributed by atoms with Gasteiger partial charge in [0.25, 0.3) is 0 Å². The molecule has 0 aliphatic carbocycles. The minimum absolute atomic E-state index is 0.371. The maximum Gasteiger partial charge on any atom is 0.419 e. The van der Waals surface area contributed by atoms with E-state index in [9.17, 15) is 17.6 Å². The number of aryl methyl sites for hydroxylation is 1. The minimum atomic E-state index is -4.69. The van der Waals surface area contributed by atoms with Gasteiger partial charge in [-0.25, -0.2) is 4.39 Å². The van der Waals surface area contributed by atoms with Crippen LogP contribution in [0.1, 0.15) is 11.1 Å². The van der Waals surface area contributed by atoms with Crippen molar-refractivity contribution in [1.82, 2.24) is 0 Å². The van der Waals surface area contributed by atoms with Crippen LogP contribution < -0.4 is 5.73 Å². The molecule has 100 valence electrons. The first-order valence-corrected chi connectivity index (χ1v) is 5.52. The zero-order chi connectivity index (χ0) is 14.2. The van der Waals surface area contributed by atoms with Gasteiger partial charge >= 0.3 is 6.18 Å². The Hall–Kier alpha value is -2.04. The highest BCUT2D eigenvalue weighted by molar-refractivity contribution is 5.71. The van der Waals surface area contributed by atoms with Crippen LogP contribution >= 0.6 is 0 Å².